The number of carbonyl (C=O) groups excluding carboxylic acids is 2. The fraction of sp³-hybridized carbons (Fsp3) is 0.444. The van der Waals surface area contributed by atoms with E-state index in [2.05, 4.69) is 34.9 Å². The molecule has 178 valence electrons. The molecule has 7 heteroatoms. The summed E-state index contributed by atoms with van der Waals surface area (Å²) in [4.78, 5) is 36.4. The van der Waals surface area contributed by atoms with Crippen molar-refractivity contribution in [2.45, 2.75) is 62.4 Å². The Kier molecular flexibility index (Phi) is 6.02. The molecule has 0 unspecified atom stereocenters. The van der Waals surface area contributed by atoms with Crippen LogP contribution in [0.25, 0.3) is 11.1 Å². The molecule has 2 fully saturated rings. The molecule has 3 N–H and O–H groups in total. The molecule has 2 aromatic carbocycles. The number of fused-ring (bicyclic) bond motifs is 3. The van der Waals surface area contributed by atoms with Gasteiger partial charge in [0.05, 0.1) is 12.0 Å². The Balaban J connectivity index is 1.15. The molecule has 2 aromatic rings. The summed E-state index contributed by atoms with van der Waals surface area (Å²) in [5.74, 6) is -1.21. The average Bonchev–Trinajstić information content (AvgIpc) is 3.49. The number of carboxylic acid groups (broad SMARTS) is 1. The lowest BCUT2D eigenvalue weighted by Gasteiger charge is -2.30. The number of hydrogen-bond donors (Lipinski definition) is 3. The van der Waals surface area contributed by atoms with Crippen LogP contribution < -0.4 is 10.6 Å². The van der Waals surface area contributed by atoms with Crippen molar-refractivity contribution >= 4 is 18.0 Å². The summed E-state index contributed by atoms with van der Waals surface area (Å²) in [6.45, 7) is 0.258. The van der Waals surface area contributed by atoms with Crippen molar-refractivity contribution < 1.29 is 24.2 Å². The van der Waals surface area contributed by atoms with Crippen molar-refractivity contribution in [2.75, 3.05) is 6.61 Å². The first-order valence-electron chi connectivity index (χ1n) is 12.1. The molecule has 0 radical (unpaired) electrons. The molecular formula is C27H30N2O5. The number of rotatable bonds is 7. The van der Waals surface area contributed by atoms with Crippen molar-refractivity contribution in [3.05, 3.63) is 59.7 Å². The summed E-state index contributed by atoms with van der Waals surface area (Å²) in [6, 6.07) is 16.3. The molecule has 34 heavy (non-hydrogen) atoms. The number of carboxylic acids is 1. The smallest absolute Gasteiger partial charge is 0.407 e. The number of nitrogens with one attached hydrogen (secondary N) is 2. The molecule has 2 atom stereocenters. The fourth-order valence-corrected chi connectivity index (χ4v) is 5.52. The number of benzene rings is 2. The standard InChI is InChI=1S/C27H30N2O5/c30-24(31)15-27(12-13-27)29-25(32)17-6-5-7-18(14-17)28-26(33)34-16-23-21-10-3-1-8-19(21)20-9-2-4-11-22(20)23/h1-4,8-11,17-18,23H,5-7,12-16H2,(H,28,33)(H,29,32)(H,30,31)/t17-,18+/m1/s1. The highest BCUT2D eigenvalue weighted by Gasteiger charge is 2.47. The summed E-state index contributed by atoms with van der Waals surface area (Å²) in [5.41, 5.74) is 4.13. The van der Waals surface area contributed by atoms with Gasteiger partial charge < -0.3 is 20.5 Å². The largest absolute Gasteiger partial charge is 0.481 e. The van der Waals surface area contributed by atoms with Crippen LogP contribution in [-0.2, 0) is 14.3 Å². The lowest BCUT2D eigenvalue weighted by atomic mass is 9.85. The molecule has 2 saturated carbocycles. The van der Waals surface area contributed by atoms with Gasteiger partial charge in [-0.1, -0.05) is 55.0 Å². The number of amides is 2. The second-order valence-corrected chi connectivity index (χ2v) is 9.87. The zero-order valence-electron chi connectivity index (χ0n) is 19.1. The molecule has 5 rings (SSSR count). The number of ether oxygens (including phenoxy) is 1. The van der Waals surface area contributed by atoms with E-state index >= 15 is 0 Å². The molecular weight excluding hydrogens is 432 g/mol. The number of aliphatic carboxylic acids is 1. The lowest BCUT2D eigenvalue weighted by molar-refractivity contribution is -0.138. The maximum Gasteiger partial charge on any atom is 0.407 e. The van der Waals surface area contributed by atoms with Crippen LogP contribution in [0.5, 0.6) is 0 Å². The van der Waals surface area contributed by atoms with Crippen molar-refractivity contribution in [1.29, 1.82) is 0 Å². The van der Waals surface area contributed by atoms with Gasteiger partial charge in [0.2, 0.25) is 5.91 Å². The maximum atomic E-state index is 12.8. The van der Waals surface area contributed by atoms with Crippen molar-refractivity contribution in [2.24, 2.45) is 5.92 Å². The van der Waals surface area contributed by atoms with Gasteiger partial charge in [0.15, 0.2) is 0 Å². The van der Waals surface area contributed by atoms with E-state index in [0.29, 0.717) is 19.3 Å². The highest BCUT2D eigenvalue weighted by Crippen LogP contribution is 2.44. The Morgan fingerprint density at radius 2 is 1.62 bits per heavy atom. The van der Waals surface area contributed by atoms with Crippen LogP contribution in [0.4, 0.5) is 4.79 Å². The summed E-state index contributed by atoms with van der Waals surface area (Å²) in [7, 11) is 0. The van der Waals surface area contributed by atoms with Gasteiger partial charge in [-0.05, 0) is 54.4 Å². The van der Waals surface area contributed by atoms with E-state index in [4.69, 9.17) is 9.84 Å². The second kappa shape index (κ2) is 9.12. The van der Waals surface area contributed by atoms with E-state index in [1.165, 1.54) is 22.3 Å². The summed E-state index contributed by atoms with van der Waals surface area (Å²) >= 11 is 0. The number of alkyl carbamates (subject to hydrolysis) is 1. The van der Waals surface area contributed by atoms with Crippen LogP contribution in [0.15, 0.2) is 48.5 Å². The zero-order chi connectivity index (χ0) is 23.7. The van der Waals surface area contributed by atoms with Gasteiger partial charge in [-0.25, -0.2) is 4.79 Å². The summed E-state index contributed by atoms with van der Waals surface area (Å²) in [6.07, 6.45) is 3.84. The minimum atomic E-state index is -0.892. The molecule has 0 spiro atoms. The zero-order valence-corrected chi connectivity index (χ0v) is 19.1. The summed E-state index contributed by atoms with van der Waals surface area (Å²) < 4.78 is 5.66. The SMILES string of the molecule is O=C(O)CC1(NC(=O)[C@@H]2CCC[C@H](NC(=O)OCC3c4ccccc4-c4ccccc43)C2)CC1. The molecule has 7 nitrogen and oxygen atoms in total. The first-order chi connectivity index (χ1) is 16.4. The maximum absolute atomic E-state index is 12.8. The quantitative estimate of drug-likeness (QED) is 0.572. The van der Waals surface area contributed by atoms with Crippen LogP contribution >= 0.6 is 0 Å². The molecule has 3 aliphatic carbocycles. The van der Waals surface area contributed by atoms with Crippen LogP contribution in [0.1, 0.15) is 62.0 Å². The van der Waals surface area contributed by atoms with Crippen LogP contribution in [0, 0.1) is 5.92 Å². The molecule has 0 aromatic heterocycles. The van der Waals surface area contributed by atoms with E-state index in [9.17, 15) is 14.4 Å². The van der Waals surface area contributed by atoms with Gasteiger partial charge in [-0.2, -0.15) is 0 Å². The van der Waals surface area contributed by atoms with E-state index in [1.54, 1.807) is 0 Å². The monoisotopic (exact) mass is 462 g/mol. The highest BCUT2D eigenvalue weighted by molar-refractivity contribution is 5.82. The molecule has 0 saturated heterocycles. The Bertz CT molecular complexity index is 1060. The van der Waals surface area contributed by atoms with E-state index in [1.807, 2.05) is 24.3 Å². The van der Waals surface area contributed by atoms with E-state index < -0.39 is 17.6 Å². The first kappa shape index (κ1) is 22.4. The van der Waals surface area contributed by atoms with Gasteiger partial charge in [0.25, 0.3) is 0 Å². The Hall–Kier alpha value is -3.35. The normalized spacial score (nSPS) is 22.2. The number of hydrogen-bond acceptors (Lipinski definition) is 4. The van der Waals surface area contributed by atoms with E-state index in [-0.39, 0.29) is 36.8 Å². The third kappa shape index (κ3) is 4.65. The molecule has 2 amide bonds. The minimum absolute atomic E-state index is 0.00648. The highest BCUT2D eigenvalue weighted by atomic mass is 16.5. The van der Waals surface area contributed by atoms with Gasteiger partial charge in [0, 0.05) is 17.9 Å². The second-order valence-electron chi connectivity index (χ2n) is 9.87. The topological polar surface area (TPSA) is 105 Å². The lowest BCUT2D eigenvalue weighted by Crippen LogP contribution is -2.46. The predicted octanol–water partition coefficient (Wildman–Crippen LogP) is 4.21. The van der Waals surface area contributed by atoms with Crippen LogP contribution in [0.3, 0.4) is 0 Å². The van der Waals surface area contributed by atoms with Gasteiger partial charge in [-0.3, -0.25) is 9.59 Å². The Morgan fingerprint density at radius 3 is 2.24 bits per heavy atom. The Labute approximate surface area is 198 Å². The molecule has 3 aliphatic rings. The summed E-state index contributed by atoms with van der Waals surface area (Å²) in [5, 5.41) is 15.0. The van der Waals surface area contributed by atoms with Crippen LogP contribution in [0.2, 0.25) is 0 Å². The first-order valence-corrected chi connectivity index (χ1v) is 12.1. The minimum Gasteiger partial charge on any atom is -0.481 e. The predicted molar refractivity (Wildman–Crippen MR) is 126 cm³/mol. The van der Waals surface area contributed by atoms with Crippen molar-refractivity contribution in [3.8, 4) is 11.1 Å². The number of carbonyl (C=O) groups is 3. The third-order valence-corrected chi connectivity index (χ3v) is 7.44. The van der Waals surface area contributed by atoms with Gasteiger partial charge in [-0.15, -0.1) is 0 Å². The molecule has 0 aliphatic heterocycles. The fourth-order valence-electron chi connectivity index (χ4n) is 5.52. The average molecular weight is 463 g/mol. The van der Waals surface area contributed by atoms with Crippen LogP contribution in [-0.4, -0.2) is 41.3 Å². The molecule has 0 bridgehead atoms. The van der Waals surface area contributed by atoms with Gasteiger partial charge in [0.1, 0.15) is 6.61 Å². The van der Waals surface area contributed by atoms with Crippen molar-refractivity contribution in [3.63, 3.8) is 0 Å². The van der Waals surface area contributed by atoms with E-state index in [0.717, 1.165) is 19.3 Å². The third-order valence-electron chi connectivity index (χ3n) is 7.44. The van der Waals surface area contributed by atoms with Gasteiger partial charge >= 0.3 is 12.1 Å². The van der Waals surface area contributed by atoms with Crippen molar-refractivity contribution in [1.82, 2.24) is 10.6 Å². The Morgan fingerprint density at radius 1 is 0.971 bits per heavy atom. The molecule has 0 heterocycles.